The number of anilines is 1. The summed E-state index contributed by atoms with van der Waals surface area (Å²) in [6.45, 7) is 9.08. The average Bonchev–Trinajstić information content (AvgIpc) is 2.38. The lowest BCUT2D eigenvalue weighted by Gasteiger charge is -2.51. The van der Waals surface area contributed by atoms with Crippen molar-refractivity contribution in [3.63, 3.8) is 0 Å². The summed E-state index contributed by atoms with van der Waals surface area (Å²) in [5.41, 5.74) is 1.58. The standard InChI is InChI=1S/C15H21N3O/c1-5-19-13-8-12(15(13,3)4)18-14-11(9-16)7-6-10(2)17-14/h6-7,12-13H,5,8H2,1-4H3,(H,17,18). The Morgan fingerprint density at radius 2 is 2.26 bits per heavy atom. The molecule has 102 valence electrons. The average molecular weight is 259 g/mol. The van der Waals surface area contributed by atoms with Gasteiger partial charge in [0.15, 0.2) is 0 Å². The number of aryl methyl sites for hydroxylation is 1. The van der Waals surface area contributed by atoms with Gasteiger partial charge in [-0.05, 0) is 32.4 Å². The van der Waals surface area contributed by atoms with Crippen molar-refractivity contribution in [2.75, 3.05) is 11.9 Å². The second-order valence-corrected chi connectivity index (χ2v) is 5.66. The van der Waals surface area contributed by atoms with Crippen molar-refractivity contribution in [2.24, 2.45) is 5.41 Å². The third kappa shape index (κ3) is 2.57. The number of rotatable bonds is 4. The molecule has 1 fully saturated rings. The van der Waals surface area contributed by atoms with Gasteiger partial charge in [0.05, 0.1) is 11.7 Å². The summed E-state index contributed by atoms with van der Waals surface area (Å²) in [6.07, 6.45) is 1.24. The molecule has 2 atom stereocenters. The molecule has 4 nitrogen and oxygen atoms in total. The highest BCUT2D eigenvalue weighted by Gasteiger charge is 2.49. The van der Waals surface area contributed by atoms with Gasteiger partial charge < -0.3 is 10.1 Å². The van der Waals surface area contributed by atoms with Gasteiger partial charge in [0.25, 0.3) is 0 Å². The molecule has 1 N–H and O–H groups in total. The number of pyridine rings is 1. The van der Waals surface area contributed by atoms with Crippen LogP contribution in [0, 0.1) is 23.7 Å². The van der Waals surface area contributed by atoms with E-state index < -0.39 is 0 Å². The fourth-order valence-electron chi connectivity index (χ4n) is 2.54. The molecule has 0 radical (unpaired) electrons. The third-order valence-electron chi connectivity index (χ3n) is 4.01. The maximum absolute atomic E-state index is 9.12. The monoisotopic (exact) mass is 259 g/mol. The van der Waals surface area contributed by atoms with E-state index in [0.717, 1.165) is 18.7 Å². The topological polar surface area (TPSA) is 57.9 Å². The third-order valence-corrected chi connectivity index (χ3v) is 4.01. The molecule has 0 amide bonds. The Labute approximate surface area is 114 Å². The van der Waals surface area contributed by atoms with Gasteiger partial charge in [-0.1, -0.05) is 13.8 Å². The molecule has 2 rings (SSSR count). The van der Waals surface area contributed by atoms with E-state index in [4.69, 9.17) is 10.00 Å². The van der Waals surface area contributed by atoms with Crippen LogP contribution in [0.5, 0.6) is 0 Å². The van der Waals surface area contributed by atoms with E-state index in [1.807, 2.05) is 26.0 Å². The van der Waals surface area contributed by atoms with E-state index in [2.05, 4.69) is 30.2 Å². The Hall–Kier alpha value is -1.60. The van der Waals surface area contributed by atoms with Gasteiger partial charge in [-0.2, -0.15) is 5.26 Å². The number of ether oxygens (including phenoxy) is 1. The van der Waals surface area contributed by atoms with E-state index in [1.165, 1.54) is 0 Å². The first-order valence-electron chi connectivity index (χ1n) is 6.75. The summed E-state index contributed by atoms with van der Waals surface area (Å²) in [5, 5.41) is 12.5. The van der Waals surface area contributed by atoms with Crippen molar-refractivity contribution in [3.05, 3.63) is 23.4 Å². The maximum atomic E-state index is 9.12. The van der Waals surface area contributed by atoms with E-state index in [1.54, 1.807) is 0 Å². The molecule has 1 saturated carbocycles. The lowest BCUT2D eigenvalue weighted by molar-refractivity contribution is -0.0976. The zero-order chi connectivity index (χ0) is 14.0. The Balaban J connectivity index is 2.12. The minimum atomic E-state index is 0.0637. The molecule has 0 saturated heterocycles. The van der Waals surface area contributed by atoms with Crippen LogP contribution in [0.3, 0.4) is 0 Å². The molecule has 4 heteroatoms. The second kappa shape index (κ2) is 5.18. The first kappa shape index (κ1) is 13.8. The number of hydrogen-bond donors (Lipinski definition) is 1. The Kier molecular flexibility index (Phi) is 3.77. The fraction of sp³-hybridized carbons (Fsp3) is 0.600. The molecule has 1 aromatic rings. The van der Waals surface area contributed by atoms with Crippen LogP contribution in [-0.4, -0.2) is 23.7 Å². The normalized spacial score (nSPS) is 24.4. The highest BCUT2D eigenvalue weighted by Crippen LogP contribution is 2.44. The smallest absolute Gasteiger partial charge is 0.144 e. The molecule has 1 aliphatic rings. The van der Waals surface area contributed by atoms with Gasteiger partial charge in [0.1, 0.15) is 11.9 Å². The SMILES string of the molecule is CCOC1CC(Nc2nc(C)ccc2C#N)C1(C)C. The van der Waals surface area contributed by atoms with Gasteiger partial charge >= 0.3 is 0 Å². The summed E-state index contributed by atoms with van der Waals surface area (Å²) >= 11 is 0. The number of nitrogens with zero attached hydrogens (tertiary/aromatic N) is 2. The van der Waals surface area contributed by atoms with E-state index >= 15 is 0 Å². The van der Waals surface area contributed by atoms with Crippen LogP contribution >= 0.6 is 0 Å². The highest BCUT2D eigenvalue weighted by molar-refractivity contribution is 5.53. The Morgan fingerprint density at radius 3 is 2.84 bits per heavy atom. The minimum Gasteiger partial charge on any atom is -0.378 e. The van der Waals surface area contributed by atoms with Gasteiger partial charge in [-0.15, -0.1) is 0 Å². The summed E-state index contributed by atoms with van der Waals surface area (Å²) in [4.78, 5) is 4.43. The van der Waals surface area contributed by atoms with Crippen molar-refractivity contribution in [1.29, 1.82) is 5.26 Å². The molecule has 0 aliphatic heterocycles. The van der Waals surface area contributed by atoms with E-state index in [0.29, 0.717) is 17.4 Å². The second-order valence-electron chi connectivity index (χ2n) is 5.66. The van der Waals surface area contributed by atoms with Crippen molar-refractivity contribution >= 4 is 5.82 Å². The van der Waals surface area contributed by atoms with Gasteiger partial charge in [0.2, 0.25) is 0 Å². The van der Waals surface area contributed by atoms with Gasteiger partial charge in [-0.3, -0.25) is 0 Å². The minimum absolute atomic E-state index is 0.0637. The van der Waals surface area contributed by atoms with Crippen LogP contribution < -0.4 is 5.32 Å². The summed E-state index contributed by atoms with van der Waals surface area (Å²) < 4.78 is 5.72. The molecule has 1 heterocycles. The molecule has 0 bridgehead atoms. The predicted octanol–water partition coefficient (Wildman–Crippen LogP) is 2.88. The summed E-state index contributed by atoms with van der Waals surface area (Å²) in [5.74, 6) is 0.690. The molecule has 0 aromatic carbocycles. The fourth-order valence-corrected chi connectivity index (χ4v) is 2.54. The first-order valence-corrected chi connectivity index (χ1v) is 6.75. The number of nitriles is 1. The van der Waals surface area contributed by atoms with E-state index in [9.17, 15) is 0 Å². The van der Waals surface area contributed by atoms with Crippen LogP contribution in [0.2, 0.25) is 0 Å². The van der Waals surface area contributed by atoms with Crippen LogP contribution in [-0.2, 0) is 4.74 Å². The Bertz CT molecular complexity index is 505. The van der Waals surface area contributed by atoms with Crippen molar-refractivity contribution in [1.82, 2.24) is 4.98 Å². The summed E-state index contributed by atoms with van der Waals surface area (Å²) in [6, 6.07) is 6.16. The van der Waals surface area contributed by atoms with Crippen LogP contribution in [0.15, 0.2) is 12.1 Å². The van der Waals surface area contributed by atoms with Crippen molar-refractivity contribution in [2.45, 2.75) is 46.3 Å². The number of aromatic nitrogens is 1. The first-order chi connectivity index (χ1) is 8.98. The number of hydrogen-bond acceptors (Lipinski definition) is 4. The van der Waals surface area contributed by atoms with E-state index in [-0.39, 0.29) is 11.5 Å². The van der Waals surface area contributed by atoms with Gasteiger partial charge in [0, 0.05) is 23.8 Å². The molecule has 1 aliphatic carbocycles. The maximum Gasteiger partial charge on any atom is 0.144 e. The molecule has 19 heavy (non-hydrogen) atoms. The zero-order valence-electron chi connectivity index (χ0n) is 12.0. The van der Waals surface area contributed by atoms with Crippen molar-refractivity contribution < 1.29 is 4.74 Å². The Morgan fingerprint density at radius 1 is 1.53 bits per heavy atom. The van der Waals surface area contributed by atoms with Crippen LogP contribution in [0.4, 0.5) is 5.82 Å². The summed E-state index contributed by atoms with van der Waals surface area (Å²) in [7, 11) is 0. The molecule has 0 spiro atoms. The van der Waals surface area contributed by atoms with Crippen molar-refractivity contribution in [3.8, 4) is 6.07 Å². The quantitative estimate of drug-likeness (QED) is 0.903. The molecule has 2 unspecified atom stereocenters. The predicted molar refractivity (Wildman–Crippen MR) is 74.9 cm³/mol. The lowest BCUT2D eigenvalue weighted by atomic mass is 9.64. The largest absolute Gasteiger partial charge is 0.378 e. The zero-order valence-corrected chi connectivity index (χ0v) is 12.0. The molecular weight excluding hydrogens is 238 g/mol. The lowest BCUT2D eigenvalue weighted by Crippen LogP contribution is -2.58. The van der Waals surface area contributed by atoms with Crippen LogP contribution in [0.25, 0.3) is 0 Å². The molecule has 1 aromatic heterocycles. The van der Waals surface area contributed by atoms with Gasteiger partial charge in [-0.25, -0.2) is 4.98 Å². The molecular formula is C15H21N3O. The van der Waals surface area contributed by atoms with Crippen LogP contribution in [0.1, 0.15) is 38.4 Å². The highest BCUT2D eigenvalue weighted by atomic mass is 16.5. The number of nitrogens with one attached hydrogen (secondary N) is 1.